The Hall–Kier alpha value is -1.65. The summed E-state index contributed by atoms with van der Waals surface area (Å²) in [4.78, 5) is 12.4. The zero-order valence-electron chi connectivity index (χ0n) is 12.3. The van der Waals surface area contributed by atoms with Crippen LogP contribution in [0, 0.1) is 0 Å². The topological polar surface area (TPSA) is 52.0 Å². The number of unbranched alkanes of at least 4 members (excludes halogenated alkanes) is 1. The molecule has 1 aliphatic rings. The fourth-order valence-electron chi connectivity index (χ4n) is 2.15. The van der Waals surface area contributed by atoms with Gasteiger partial charge >= 0.3 is 0 Å². The Morgan fingerprint density at radius 3 is 2.81 bits per heavy atom. The van der Waals surface area contributed by atoms with Crippen LogP contribution in [0.1, 0.15) is 40.7 Å². The second-order valence-electron chi connectivity index (χ2n) is 5.09. The molecule has 1 atom stereocenters. The van der Waals surface area contributed by atoms with Crippen molar-refractivity contribution in [2.45, 2.75) is 32.3 Å². The molecule has 0 saturated heterocycles. The van der Waals surface area contributed by atoms with Crippen molar-refractivity contribution in [1.29, 1.82) is 0 Å². The highest BCUT2D eigenvalue weighted by Gasteiger charge is 2.18. The molecular formula is C17H22NO2S+. The molecule has 0 bridgehead atoms. The van der Waals surface area contributed by atoms with Crippen LogP contribution in [0.5, 0.6) is 0 Å². The van der Waals surface area contributed by atoms with E-state index in [4.69, 9.17) is 5.11 Å². The van der Waals surface area contributed by atoms with Crippen molar-refractivity contribution in [2.24, 2.45) is 0 Å². The molecule has 0 aliphatic heterocycles. The van der Waals surface area contributed by atoms with Gasteiger partial charge in [0.1, 0.15) is 0 Å². The minimum atomic E-state index is -0.221. The van der Waals surface area contributed by atoms with Gasteiger partial charge < -0.3 is 10.4 Å². The van der Waals surface area contributed by atoms with E-state index >= 15 is 0 Å². The molecule has 2 rings (SSSR count). The maximum atomic E-state index is 10.7. The van der Waals surface area contributed by atoms with Crippen LogP contribution in [-0.2, 0) is 0 Å². The third-order valence-corrected chi connectivity index (χ3v) is 4.37. The average Bonchev–Trinajstić information content (AvgIpc) is 2.95. The first-order valence-electron chi connectivity index (χ1n) is 7.31. The zero-order valence-corrected chi connectivity index (χ0v) is 13.1. The van der Waals surface area contributed by atoms with Gasteiger partial charge in [-0.1, -0.05) is 13.3 Å². The van der Waals surface area contributed by atoms with E-state index in [2.05, 4.69) is 18.3 Å². The highest BCUT2D eigenvalue weighted by molar-refractivity contribution is 7.14. The number of nitrogens with one attached hydrogen (secondary N) is 1. The van der Waals surface area contributed by atoms with Gasteiger partial charge in [0.2, 0.25) is 0 Å². The summed E-state index contributed by atoms with van der Waals surface area (Å²) in [6.07, 6.45) is 11.8. The van der Waals surface area contributed by atoms with Gasteiger partial charge in [0, 0.05) is 22.7 Å². The van der Waals surface area contributed by atoms with E-state index in [0.717, 1.165) is 46.7 Å². The fraction of sp³-hybridized carbons (Fsp3) is 0.353. The summed E-state index contributed by atoms with van der Waals surface area (Å²) in [5.41, 5.74) is 2.16. The SMILES string of the molecule is CCCCNC1=CC=C(/C=C/c2ccc(C=O)s2)C([OH2+])C1. The number of aldehydes is 1. The van der Waals surface area contributed by atoms with E-state index in [9.17, 15) is 4.79 Å². The Kier molecular flexibility index (Phi) is 5.96. The lowest BCUT2D eigenvalue weighted by molar-refractivity contribution is 0.112. The predicted octanol–water partition coefficient (Wildman–Crippen LogP) is 3.27. The number of carbonyl (C=O) groups is 1. The Bertz CT molecular complexity index is 569. The van der Waals surface area contributed by atoms with Crippen molar-refractivity contribution in [3.05, 3.63) is 51.4 Å². The van der Waals surface area contributed by atoms with Gasteiger partial charge in [-0.2, -0.15) is 0 Å². The van der Waals surface area contributed by atoms with Crippen LogP contribution in [0.2, 0.25) is 0 Å². The maximum Gasteiger partial charge on any atom is 0.185 e. The molecule has 3 N–H and O–H groups in total. The summed E-state index contributed by atoms with van der Waals surface area (Å²) in [6.45, 7) is 3.16. The summed E-state index contributed by atoms with van der Waals surface area (Å²) in [7, 11) is 0. The number of thiophene rings is 1. The highest BCUT2D eigenvalue weighted by atomic mass is 32.1. The van der Waals surface area contributed by atoms with E-state index in [1.165, 1.54) is 17.8 Å². The number of rotatable bonds is 7. The molecule has 0 aromatic carbocycles. The predicted molar refractivity (Wildman–Crippen MR) is 89.8 cm³/mol. The maximum absolute atomic E-state index is 10.7. The van der Waals surface area contributed by atoms with Crippen LogP contribution < -0.4 is 5.32 Å². The minimum Gasteiger partial charge on any atom is -0.439 e. The Morgan fingerprint density at radius 2 is 2.14 bits per heavy atom. The molecule has 1 aromatic rings. The zero-order chi connectivity index (χ0) is 15.1. The van der Waals surface area contributed by atoms with Crippen molar-refractivity contribution in [3.63, 3.8) is 0 Å². The number of carbonyl (C=O) groups excluding carboxylic acids is 1. The van der Waals surface area contributed by atoms with Crippen molar-refractivity contribution in [3.8, 4) is 0 Å². The van der Waals surface area contributed by atoms with Gasteiger partial charge in [-0.25, -0.2) is 0 Å². The smallest absolute Gasteiger partial charge is 0.185 e. The summed E-state index contributed by atoms with van der Waals surface area (Å²) in [5.74, 6) is 0. The molecule has 4 heteroatoms. The van der Waals surface area contributed by atoms with Crippen molar-refractivity contribution >= 4 is 23.7 Å². The third kappa shape index (κ3) is 4.69. The quantitative estimate of drug-likeness (QED) is 0.477. The molecule has 0 spiro atoms. The standard InChI is InChI=1S/C17H21NO2S/c1-2-3-10-18-14-6-4-13(17(20)11-14)5-7-15-8-9-16(12-19)21-15/h4-9,12,17-18,20H,2-3,10-11H2,1H3/p+1/b7-5+. The van der Waals surface area contributed by atoms with Crippen molar-refractivity contribution in [2.75, 3.05) is 6.54 Å². The van der Waals surface area contributed by atoms with Crippen LogP contribution in [-0.4, -0.2) is 24.0 Å². The first-order valence-corrected chi connectivity index (χ1v) is 8.13. The summed E-state index contributed by atoms with van der Waals surface area (Å²) in [5, 5.41) is 11.6. The molecule has 1 heterocycles. The lowest BCUT2D eigenvalue weighted by Gasteiger charge is -2.17. The second-order valence-corrected chi connectivity index (χ2v) is 6.23. The van der Waals surface area contributed by atoms with E-state index in [1.54, 1.807) is 0 Å². The molecule has 0 saturated carbocycles. The molecule has 1 aromatic heterocycles. The minimum absolute atomic E-state index is 0.221. The van der Waals surface area contributed by atoms with Gasteiger partial charge in [-0.05, 0) is 42.9 Å². The largest absolute Gasteiger partial charge is 0.439 e. The first kappa shape index (κ1) is 15.7. The van der Waals surface area contributed by atoms with E-state index in [1.807, 2.05) is 30.4 Å². The van der Waals surface area contributed by atoms with Crippen molar-refractivity contribution in [1.82, 2.24) is 5.32 Å². The normalized spacial score (nSPS) is 18.5. The van der Waals surface area contributed by atoms with Crippen molar-refractivity contribution < 1.29 is 9.90 Å². The molecule has 0 fully saturated rings. The fourth-order valence-corrected chi connectivity index (χ4v) is 2.88. The molecular weight excluding hydrogens is 282 g/mol. The van der Waals surface area contributed by atoms with Crippen LogP contribution in [0.25, 0.3) is 6.08 Å². The lowest BCUT2D eigenvalue weighted by atomic mass is 9.98. The molecule has 3 nitrogen and oxygen atoms in total. The highest BCUT2D eigenvalue weighted by Crippen LogP contribution is 2.21. The molecule has 1 aliphatic carbocycles. The summed E-state index contributed by atoms with van der Waals surface area (Å²) >= 11 is 1.47. The van der Waals surface area contributed by atoms with E-state index in [0.29, 0.717) is 0 Å². The molecule has 0 radical (unpaired) electrons. The Morgan fingerprint density at radius 1 is 1.33 bits per heavy atom. The van der Waals surface area contributed by atoms with Crippen LogP contribution in [0.4, 0.5) is 0 Å². The Labute approximate surface area is 129 Å². The van der Waals surface area contributed by atoms with Crippen LogP contribution in [0.3, 0.4) is 0 Å². The number of hydrogen-bond acceptors (Lipinski definition) is 3. The number of hydrogen-bond donors (Lipinski definition) is 1. The van der Waals surface area contributed by atoms with Gasteiger partial charge in [-0.3, -0.25) is 4.79 Å². The molecule has 1 unspecified atom stereocenters. The first-order chi connectivity index (χ1) is 10.2. The van der Waals surface area contributed by atoms with Gasteiger partial charge in [0.25, 0.3) is 0 Å². The summed E-state index contributed by atoms with van der Waals surface area (Å²) < 4.78 is 0. The third-order valence-electron chi connectivity index (χ3n) is 3.39. The van der Waals surface area contributed by atoms with Crippen LogP contribution in [0.15, 0.2) is 41.6 Å². The Balaban J connectivity index is 1.97. The molecule has 21 heavy (non-hydrogen) atoms. The number of allylic oxidation sites excluding steroid dienone is 2. The average molecular weight is 304 g/mol. The lowest BCUT2D eigenvalue weighted by Crippen LogP contribution is -2.22. The summed E-state index contributed by atoms with van der Waals surface area (Å²) in [6, 6.07) is 3.75. The second kappa shape index (κ2) is 7.96. The van der Waals surface area contributed by atoms with Gasteiger partial charge in [0.05, 0.1) is 11.3 Å². The van der Waals surface area contributed by atoms with E-state index in [-0.39, 0.29) is 6.10 Å². The van der Waals surface area contributed by atoms with Crippen LogP contribution >= 0.6 is 11.3 Å². The monoisotopic (exact) mass is 304 g/mol. The van der Waals surface area contributed by atoms with E-state index < -0.39 is 0 Å². The molecule has 112 valence electrons. The molecule has 0 amide bonds. The van der Waals surface area contributed by atoms with Gasteiger partial charge in [0.15, 0.2) is 12.4 Å². The van der Waals surface area contributed by atoms with Gasteiger partial charge in [-0.15, -0.1) is 11.3 Å².